The zero-order valence-corrected chi connectivity index (χ0v) is 17.2. The molecule has 13 heteroatoms. The summed E-state index contributed by atoms with van der Waals surface area (Å²) in [4.78, 5) is 22.6. The monoisotopic (exact) mass is 467 g/mol. The molecule has 33 heavy (non-hydrogen) atoms. The van der Waals surface area contributed by atoms with Crippen LogP contribution in [0.2, 0.25) is 0 Å². The molecule has 0 saturated carbocycles. The predicted molar refractivity (Wildman–Crippen MR) is 106 cm³/mol. The number of aromatic nitrogens is 5. The number of anilines is 1. The Morgan fingerprint density at radius 3 is 2.48 bits per heavy atom. The summed E-state index contributed by atoms with van der Waals surface area (Å²) >= 11 is 0. The number of nitrogens with one attached hydrogen (secondary N) is 1. The van der Waals surface area contributed by atoms with Gasteiger partial charge in [-0.2, -0.15) is 28.2 Å². The standard InChI is InChI=1S/C20H18F5N7O/c1-12-2-3-14(15(8-12)32-29-5-6-30-32)17(33)31-7-4-19(21,22)16(31)11-28-18-26-9-13(10-27-18)20(23,24)25/h2-3,5-6,8-10,16H,4,7,11H2,1H3,(H,26,27,28)/t16-/m1/s1. The van der Waals surface area contributed by atoms with Crippen LogP contribution in [-0.4, -0.2) is 60.8 Å². The predicted octanol–water partition coefficient (Wildman–Crippen LogP) is 3.35. The van der Waals surface area contributed by atoms with Crippen LogP contribution in [0.15, 0.2) is 43.0 Å². The first-order chi connectivity index (χ1) is 15.6. The number of carbonyl (C=O) groups excluding carboxylic acids is 1. The summed E-state index contributed by atoms with van der Waals surface area (Å²) in [5.41, 5.74) is 0.252. The van der Waals surface area contributed by atoms with Gasteiger partial charge in [0, 0.05) is 31.9 Å². The van der Waals surface area contributed by atoms with Gasteiger partial charge in [0.15, 0.2) is 0 Å². The van der Waals surface area contributed by atoms with E-state index in [0.29, 0.717) is 18.1 Å². The van der Waals surface area contributed by atoms with Crippen LogP contribution in [0, 0.1) is 6.92 Å². The largest absolute Gasteiger partial charge is 0.419 e. The molecule has 0 unspecified atom stereocenters. The van der Waals surface area contributed by atoms with Gasteiger partial charge in [-0.3, -0.25) is 4.79 Å². The van der Waals surface area contributed by atoms with Gasteiger partial charge in [0.25, 0.3) is 11.8 Å². The molecule has 1 atom stereocenters. The quantitative estimate of drug-likeness (QED) is 0.579. The Balaban J connectivity index is 1.56. The van der Waals surface area contributed by atoms with Gasteiger partial charge >= 0.3 is 6.18 Å². The molecule has 1 amide bonds. The first kappa shape index (κ1) is 22.6. The zero-order chi connectivity index (χ0) is 23.8. The fraction of sp³-hybridized carbons (Fsp3) is 0.350. The van der Waals surface area contributed by atoms with Crippen molar-refractivity contribution in [1.29, 1.82) is 0 Å². The van der Waals surface area contributed by atoms with Crippen molar-refractivity contribution in [3.05, 3.63) is 59.7 Å². The summed E-state index contributed by atoms with van der Waals surface area (Å²) in [5, 5.41) is 10.6. The lowest BCUT2D eigenvalue weighted by Gasteiger charge is -2.28. The van der Waals surface area contributed by atoms with Crippen LogP contribution < -0.4 is 5.32 Å². The number of rotatable bonds is 5. The maximum absolute atomic E-state index is 14.6. The van der Waals surface area contributed by atoms with Crippen LogP contribution in [0.5, 0.6) is 0 Å². The molecule has 2 aromatic heterocycles. The summed E-state index contributed by atoms with van der Waals surface area (Å²) in [7, 11) is 0. The molecular formula is C20H18F5N7O. The molecule has 1 fully saturated rings. The summed E-state index contributed by atoms with van der Waals surface area (Å²) in [6, 6.07) is 3.31. The summed E-state index contributed by atoms with van der Waals surface area (Å²) in [5.74, 6) is -4.11. The van der Waals surface area contributed by atoms with E-state index in [2.05, 4.69) is 25.5 Å². The molecule has 1 aliphatic heterocycles. The lowest BCUT2D eigenvalue weighted by molar-refractivity contribution is -0.138. The first-order valence-corrected chi connectivity index (χ1v) is 9.85. The maximum atomic E-state index is 14.6. The maximum Gasteiger partial charge on any atom is 0.419 e. The molecule has 0 radical (unpaired) electrons. The number of hydrogen-bond acceptors (Lipinski definition) is 6. The number of alkyl halides is 5. The highest BCUT2D eigenvalue weighted by atomic mass is 19.4. The van der Waals surface area contributed by atoms with E-state index in [9.17, 15) is 26.7 Å². The zero-order valence-electron chi connectivity index (χ0n) is 17.2. The van der Waals surface area contributed by atoms with E-state index in [4.69, 9.17) is 0 Å². The minimum atomic E-state index is -4.62. The van der Waals surface area contributed by atoms with E-state index < -0.39 is 42.6 Å². The van der Waals surface area contributed by atoms with Crippen LogP contribution in [0.3, 0.4) is 0 Å². The summed E-state index contributed by atoms with van der Waals surface area (Å²) in [6.07, 6.45) is -1.20. The molecule has 1 saturated heterocycles. The van der Waals surface area contributed by atoms with E-state index in [0.717, 1.165) is 10.5 Å². The summed E-state index contributed by atoms with van der Waals surface area (Å²) in [6.45, 7) is 1.15. The van der Waals surface area contributed by atoms with Crippen LogP contribution >= 0.6 is 0 Å². The van der Waals surface area contributed by atoms with Crippen molar-refractivity contribution in [2.24, 2.45) is 0 Å². The molecule has 0 spiro atoms. The summed E-state index contributed by atoms with van der Waals surface area (Å²) < 4.78 is 67.3. The average molecular weight is 467 g/mol. The topological polar surface area (TPSA) is 88.8 Å². The Bertz CT molecular complexity index is 1130. The third-order valence-corrected chi connectivity index (χ3v) is 5.26. The van der Waals surface area contributed by atoms with Crippen LogP contribution in [0.1, 0.15) is 27.9 Å². The van der Waals surface area contributed by atoms with E-state index in [1.807, 2.05) is 6.92 Å². The molecule has 3 aromatic rings. The number of halogens is 5. The third-order valence-electron chi connectivity index (χ3n) is 5.26. The fourth-order valence-corrected chi connectivity index (χ4v) is 3.56. The van der Waals surface area contributed by atoms with Crippen molar-refractivity contribution in [2.75, 3.05) is 18.4 Å². The highest BCUT2D eigenvalue weighted by Crippen LogP contribution is 2.36. The van der Waals surface area contributed by atoms with Crippen molar-refractivity contribution in [3.8, 4) is 5.69 Å². The normalized spacial score (nSPS) is 17.9. The van der Waals surface area contributed by atoms with Crippen molar-refractivity contribution >= 4 is 11.9 Å². The Kier molecular flexibility index (Phi) is 5.72. The lowest BCUT2D eigenvalue weighted by Crippen LogP contribution is -2.47. The van der Waals surface area contributed by atoms with Gasteiger partial charge in [-0.1, -0.05) is 6.07 Å². The number of hydrogen-bond donors (Lipinski definition) is 1. The average Bonchev–Trinajstić information content (AvgIpc) is 3.39. The Morgan fingerprint density at radius 2 is 1.85 bits per heavy atom. The van der Waals surface area contributed by atoms with Gasteiger partial charge in [-0.25, -0.2) is 18.7 Å². The molecule has 1 aromatic carbocycles. The first-order valence-electron chi connectivity index (χ1n) is 9.85. The smallest absolute Gasteiger partial charge is 0.352 e. The second-order valence-corrected chi connectivity index (χ2v) is 7.54. The molecule has 174 valence electrons. The van der Waals surface area contributed by atoms with Crippen LogP contribution in [-0.2, 0) is 6.18 Å². The van der Waals surface area contributed by atoms with E-state index in [1.165, 1.54) is 23.3 Å². The molecule has 4 rings (SSSR count). The fourth-order valence-electron chi connectivity index (χ4n) is 3.56. The second-order valence-electron chi connectivity index (χ2n) is 7.54. The van der Waals surface area contributed by atoms with Gasteiger partial charge in [0.1, 0.15) is 6.04 Å². The number of amides is 1. The number of nitrogens with zero attached hydrogens (tertiary/aromatic N) is 6. The number of likely N-dealkylation sites (tertiary alicyclic amines) is 1. The highest BCUT2D eigenvalue weighted by molar-refractivity contribution is 5.98. The molecule has 0 bridgehead atoms. The minimum Gasteiger partial charge on any atom is -0.352 e. The second kappa shape index (κ2) is 8.37. The van der Waals surface area contributed by atoms with Crippen LogP contribution in [0.25, 0.3) is 5.69 Å². The van der Waals surface area contributed by atoms with Gasteiger partial charge in [0.05, 0.1) is 29.2 Å². The number of carbonyl (C=O) groups is 1. The van der Waals surface area contributed by atoms with Gasteiger partial charge in [0.2, 0.25) is 5.95 Å². The van der Waals surface area contributed by atoms with E-state index in [-0.39, 0.29) is 18.1 Å². The van der Waals surface area contributed by atoms with Gasteiger partial charge in [-0.15, -0.1) is 0 Å². The molecule has 3 heterocycles. The van der Waals surface area contributed by atoms with Crippen molar-refractivity contribution < 1.29 is 26.7 Å². The van der Waals surface area contributed by atoms with Crippen molar-refractivity contribution in [3.63, 3.8) is 0 Å². The highest BCUT2D eigenvalue weighted by Gasteiger charge is 2.51. The SMILES string of the molecule is Cc1ccc(C(=O)N2CCC(F)(F)[C@H]2CNc2ncc(C(F)(F)F)cn2)c(-n2nccn2)c1. The molecule has 0 aliphatic carbocycles. The van der Waals surface area contributed by atoms with Crippen molar-refractivity contribution in [2.45, 2.75) is 31.5 Å². The number of benzene rings is 1. The van der Waals surface area contributed by atoms with E-state index in [1.54, 1.807) is 12.1 Å². The third kappa shape index (κ3) is 4.61. The van der Waals surface area contributed by atoms with Gasteiger partial charge in [-0.05, 0) is 24.6 Å². The molecule has 1 N–H and O–H groups in total. The number of aryl methyl sites for hydroxylation is 1. The molecule has 8 nitrogen and oxygen atoms in total. The molecular weight excluding hydrogens is 449 g/mol. The minimum absolute atomic E-state index is 0.144. The van der Waals surface area contributed by atoms with Crippen LogP contribution in [0.4, 0.5) is 27.9 Å². The lowest BCUT2D eigenvalue weighted by atomic mass is 10.1. The van der Waals surface area contributed by atoms with E-state index >= 15 is 0 Å². The Morgan fingerprint density at radius 1 is 1.18 bits per heavy atom. The Labute approximate surface area is 184 Å². The van der Waals surface area contributed by atoms with Crippen molar-refractivity contribution in [1.82, 2.24) is 29.9 Å². The van der Waals surface area contributed by atoms with Gasteiger partial charge < -0.3 is 10.2 Å². The Hall–Kier alpha value is -3.64. The molecule has 1 aliphatic rings.